The SMILES string of the molecule is CCn1nnc(F)c1[N+](=O)[O-]. The Balaban J connectivity index is 3.17. The summed E-state index contributed by atoms with van der Waals surface area (Å²) in [5.74, 6) is -1.83. The average Bonchev–Trinajstić information content (AvgIpc) is 2.30. The number of rotatable bonds is 2. The second-order valence-corrected chi connectivity index (χ2v) is 1.78. The van der Waals surface area contributed by atoms with E-state index >= 15 is 0 Å². The third-order valence-corrected chi connectivity index (χ3v) is 1.14. The van der Waals surface area contributed by atoms with Crippen LogP contribution < -0.4 is 0 Å². The molecule has 0 saturated heterocycles. The van der Waals surface area contributed by atoms with E-state index in [0.717, 1.165) is 4.68 Å². The molecule has 0 aromatic carbocycles. The number of aromatic nitrogens is 3. The van der Waals surface area contributed by atoms with E-state index in [1.54, 1.807) is 6.92 Å². The number of hydrogen-bond donors (Lipinski definition) is 0. The van der Waals surface area contributed by atoms with Gasteiger partial charge in [0.15, 0.2) is 0 Å². The largest absolute Gasteiger partial charge is 0.402 e. The molecular weight excluding hydrogens is 155 g/mol. The highest BCUT2D eigenvalue weighted by Gasteiger charge is 2.22. The fourth-order valence-corrected chi connectivity index (χ4v) is 0.669. The molecule has 0 radical (unpaired) electrons. The molecule has 0 fully saturated rings. The van der Waals surface area contributed by atoms with E-state index in [0.29, 0.717) is 0 Å². The van der Waals surface area contributed by atoms with Gasteiger partial charge in [0.25, 0.3) is 0 Å². The minimum atomic E-state index is -1.14. The Morgan fingerprint density at radius 1 is 1.82 bits per heavy atom. The summed E-state index contributed by atoms with van der Waals surface area (Å²) in [6, 6.07) is 0. The van der Waals surface area contributed by atoms with Gasteiger partial charge in [-0.3, -0.25) is 0 Å². The lowest BCUT2D eigenvalue weighted by Gasteiger charge is -1.91. The molecular formula is C4H5FN4O2. The summed E-state index contributed by atoms with van der Waals surface area (Å²) in [5.41, 5.74) is 0. The molecule has 0 amide bonds. The number of halogens is 1. The van der Waals surface area contributed by atoms with Crippen molar-refractivity contribution in [1.82, 2.24) is 15.0 Å². The Morgan fingerprint density at radius 3 is 2.82 bits per heavy atom. The molecule has 11 heavy (non-hydrogen) atoms. The highest BCUT2D eigenvalue weighted by atomic mass is 19.1. The third-order valence-electron chi connectivity index (χ3n) is 1.14. The first kappa shape index (κ1) is 7.58. The van der Waals surface area contributed by atoms with Crippen molar-refractivity contribution in [3.63, 3.8) is 0 Å². The lowest BCUT2D eigenvalue weighted by atomic mass is 10.7. The summed E-state index contributed by atoms with van der Waals surface area (Å²) < 4.78 is 13.3. The van der Waals surface area contributed by atoms with Crippen LogP contribution in [-0.4, -0.2) is 19.9 Å². The van der Waals surface area contributed by atoms with Crippen LogP contribution in [0.15, 0.2) is 0 Å². The van der Waals surface area contributed by atoms with Gasteiger partial charge in [0.2, 0.25) is 0 Å². The van der Waals surface area contributed by atoms with Crippen molar-refractivity contribution in [2.75, 3.05) is 0 Å². The third kappa shape index (κ3) is 1.16. The van der Waals surface area contributed by atoms with Gasteiger partial charge >= 0.3 is 11.8 Å². The molecule has 0 atom stereocenters. The van der Waals surface area contributed by atoms with Gasteiger partial charge in [0, 0.05) is 5.21 Å². The number of nitrogens with zero attached hydrogens (tertiary/aromatic N) is 4. The van der Waals surface area contributed by atoms with Crippen molar-refractivity contribution in [3.8, 4) is 0 Å². The predicted octanol–water partition coefficient (Wildman–Crippen LogP) is 0.345. The van der Waals surface area contributed by atoms with Crippen LogP contribution in [0.1, 0.15) is 6.92 Å². The van der Waals surface area contributed by atoms with Crippen LogP contribution in [0.3, 0.4) is 0 Å². The average molecular weight is 160 g/mol. The van der Waals surface area contributed by atoms with Gasteiger partial charge in [0.05, 0.1) is 0 Å². The molecule has 0 unspecified atom stereocenters. The van der Waals surface area contributed by atoms with Crippen LogP contribution in [0.25, 0.3) is 0 Å². The van der Waals surface area contributed by atoms with Gasteiger partial charge in [-0.25, -0.2) is 0 Å². The van der Waals surface area contributed by atoms with E-state index in [2.05, 4.69) is 10.3 Å². The van der Waals surface area contributed by atoms with Crippen molar-refractivity contribution in [2.24, 2.45) is 0 Å². The lowest BCUT2D eigenvalue weighted by molar-refractivity contribution is -0.395. The van der Waals surface area contributed by atoms with E-state index < -0.39 is 16.7 Å². The molecule has 1 rings (SSSR count). The van der Waals surface area contributed by atoms with Crippen LogP contribution in [-0.2, 0) is 6.54 Å². The summed E-state index contributed by atoms with van der Waals surface area (Å²) in [6.07, 6.45) is 0. The Kier molecular flexibility index (Phi) is 1.79. The molecule has 1 aromatic heterocycles. The van der Waals surface area contributed by atoms with E-state index in [-0.39, 0.29) is 6.54 Å². The topological polar surface area (TPSA) is 73.8 Å². The number of nitro groups is 1. The Morgan fingerprint density at radius 2 is 2.45 bits per heavy atom. The van der Waals surface area contributed by atoms with Crippen LogP contribution in [0.4, 0.5) is 10.2 Å². The first-order valence-corrected chi connectivity index (χ1v) is 2.90. The monoisotopic (exact) mass is 160 g/mol. The molecule has 0 bridgehead atoms. The molecule has 1 heterocycles. The molecule has 0 aliphatic rings. The van der Waals surface area contributed by atoms with E-state index in [1.165, 1.54) is 0 Å². The first-order chi connectivity index (χ1) is 5.16. The number of aryl methyl sites for hydroxylation is 1. The molecule has 0 aliphatic heterocycles. The molecule has 0 aliphatic carbocycles. The van der Waals surface area contributed by atoms with Crippen molar-refractivity contribution >= 4 is 5.82 Å². The van der Waals surface area contributed by atoms with Gasteiger partial charge in [-0.05, 0) is 11.8 Å². The molecule has 6 nitrogen and oxygen atoms in total. The van der Waals surface area contributed by atoms with E-state index in [4.69, 9.17) is 0 Å². The quantitative estimate of drug-likeness (QED) is 0.462. The first-order valence-electron chi connectivity index (χ1n) is 2.90. The van der Waals surface area contributed by atoms with Gasteiger partial charge in [0.1, 0.15) is 6.54 Å². The van der Waals surface area contributed by atoms with Crippen LogP contribution in [0, 0.1) is 16.1 Å². The second kappa shape index (κ2) is 2.60. The fraction of sp³-hybridized carbons (Fsp3) is 0.500. The van der Waals surface area contributed by atoms with Crippen molar-refractivity contribution in [2.45, 2.75) is 13.5 Å². The Bertz CT molecular complexity index is 284. The Labute approximate surface area is 60.8 Å². The van der Waals surface area contributed by atoms with Crippen molar-refractivity contribution in [1.29, 1.82) is 0 Å². The maximum absolute atomic E-state index is 12.4. The summed E-state index contributed by atoms with van der Waals surface area (Å²) >= 11 is 0. The lowest BCUT2D eigenvalue weighted by Crippen LogP contribution is -2.03. The molecule has 60 valence electrons. The van der Waals surface area contributed by atoms with Gasteiger partial charge in [-0.2, -0.15) is 4.39 Å². The second-order valence-electron chi connectivity index (χ2n) is 1.78. The minimum absolute atomic E-state index is 0.229. The normalized spacial score (nSPS) is 10.0. The maximum Gasteiger partial charge on any atom is 0.402 e. The molecule has 0 N–H and O–H groups in total. The minimum Gasteiger partial charge on any atom is -0.358 e. The summed E-state index contributed by atoms with van der Waals surface area (Å²) in [6.45, 7) is 1.84. The van der Waals surface area contributed by atoms with Gasteiger partial charge < -0.3 is 10.1 Å². The summed E-state index contributed by atoms with van der Waals surface area (Å²) in [5, 5.41) is 16.2. The molecule has 0 saturated carbocycles. The molecule has 0 spiro atoms. The maximum atomic E-state index is 12.4. The molecule has 1 aromatic rings. The van der Waals surface area contributed by atoms with Crippen LogP contribution in [0.2, 0.25) is 0 Å². The highest BCUT2D eigenvalue weighted by molar-refractivity contribution is 5.13. The standard InChI is InChI=1S/C4H5FN4O2/c1-2-8-4(9(10)11)3(5)6-7-8/h2H2,1H3. The summed E-state index contributed by atoms with van der Waals surface area (Å²) in [7, 11) is 0. The zero-order valence-corrected chi connectivity index (χ0v) is 5.69. The summed E-state index contributed by atoms with van der Waals surface area (Å²) in [4.78, 5) is 9.28. The van der Waals surface area contributed by atoms with Crippen molar-refractivity contribution < 1.29 is 9.31 Å². The van der Waals surface area contributed by atoms with Crippen LogP contribution in [0.5, 0.6) is 0 Å². The van der Waals surface area contributed by atoms with Gasteiger partial charge in [-0.15, -0.1) is 4.68 Å². The highest BCUT2D eigenvalue weighted by Crippen LogP contribution is 2.12. The fourth-order valence-electron chi connectivity index (χ4n) is 0.669. The predicted molar refractivity (Wildman–Crippen MR) is 32.3 cm³/mol. The van der Waals surface area contributed by atoms with E-state index in [1.807, 2.05) is 0 Å². The molecule has 7 heteroatoms. The smallest absolute Gasteiger partial charge is 0.358 e. The Hall–Kier alpha value is -1.53. The van der Waals surface area contributed by atoms with E-state index in [9.17, 15) is 14.5 Å². The zero-order valence-electron chi connectivity index (χ0n) is 5.69. The van der Waals surface area contributed by atoms with Gasteiger partial charge in [-0.1, -0.05) is 5.10 Å². The zero-order chi connectivity index (χ0) is 8.43. The van der Waals surface area contributed by atoms with Crippen molar-refractivity contribution in [3.05, 3.63) is 16.1 Å². The van der Waals surface area contributed by atoms with Crippen LogP contribution >= 0.6 is 0 Å². The number of hydrogen-bond acceptors (Lipinski definition) is 4.